The van der Waals surface area contributed by atoms with E-state index >= 15 is 0 Å². The number of hydrogen-bond acceptors (Lipinski definition) is 7. The van der Waals surface area contributed by atoms with E-state index in [1.165, 1.54) is 17.5 Å². The fourth-order valence-electron chi connectivity index (χ4n) is 1.29. The van der Waals surface area contributed by atoms with Crippen LogP contribution in [0.2, 0.25) is 0 Å². The summed E-state index contributed by atoms with van der Waals surface area (Å²) >= 11 is 2.51. The van der Waals surface area contributed by atoms with Crippen LogP contribution in [0, 0.1) is 0 Å². The minimum Gasteiger partial charge on any atom is -0.472 e. The van der Waals surface area contributed by atoms with Gasteiger partial charge in [-0.2, -0.15) is 0 Å². The zero-order valence-corrected chi connectivity index (χ0v) is 10.5. The molecule has 1 N–H and O–H groups in total. The van der Waals surface area contributed by atoms with Crippen molar-refractivity contribution >= 4 is 33.8 Å². The average Bonchev–Trinajstić information content (AvgIpc) is 3.11. The number of nitrogens with one attached hydrogen (secondary N) is 1. The largest absolute Gasteiger partial charge is 0.472 e. The molecule has 3 aromatic rings. The van der Waals surface area contributed by atoms with E-state index in [0.717, 1.165) is 22.1 Å². The van der Waals surface area contributed by atoms with Gasteiger partial charge in [-0.1, -0.05) is 4.49 Å². The maximum atomic E-state index is 11.9. The second-order valence-corrected chi connectivity index (χ2v) is 4.93. The number of nitrogens with zero attached hydrogens (tertiary/aromatic N) is 3. The molecule has 3 aromatic heterocycles. The van der Waals surface area contributed by atoms with Crippen LogP contribution in [0.5, 0.6) is 0 Å². The molecular formula is C10H6N4O2S2. The van der Waals surface area contributed by atoms with Gasteiger partial charge in [0.15, 0.2) is 0 Å². The smallest absolute Gasteiger partial charge is 0.275 e. The van der Waals surface area contributed by atoms with E-state index in [9.17, 15) is 4.79 Å². The molecule has 0 aliphatic rings. The highest BCUT2D eigenvalue weighted by molar-refractivity contribution is 7.13. The number of rotatable bonds is 3. The first kappa shape index (κ1) is 11.1. The highest BCUT2D eigenvalue weighted by Gasteiger charge is 2.13. The van der Waals surface area contributed by atoms with Gasteiger partial charge in [0.2, 0.25) is 0 Å². The molecule has 1 amide bonds. The Labute approximate surface area is 109 Å². The van der Waals surface area contributed by atoms with Crippen molar-refractivity contribution in [2.24, 2.45) is 0 Å². The molecule has 18 heavy (non-hydrogen) atoms. The Morgan fingerprint density at radius 2 is 2.39 bits per heavy atom. The van der Waals surface area contributed by atoms with Gasteiger partial charge in [0.25, 0.3) is 5.91 Å². The molecule has 3 heterocycles. The number of thiazole rings is 1. The van der Waals surface area contributed by atoms with Crippen LogP contribution in [0.25, 0.3) is 10.6 Å². The number of furan rings is 1. The number of anilines is 1. The Morgan fingerprint density at radius 3 is 3.11 bits per heavy atom. The molecule has 0 bridgehead atoms. The van der Waals surface area contributed by atoms with Crippen molar-refractivity contribution < 1.29 is 9.21 Å². The third-order valence-corrected chi connectivity index (χ3v) is 3.57. The summed E-state index contributed by atoms with van der Waals surface area (Å²) in [5, 5.41) is 9.35. The summed E-state index contributed by atoms with van der Waals surface area (Å²) in [6.45, 7) is 0. The second-order valence-electron chi connectivity index (χ2n) is 3.29. The molecule has 0 aromatic carbocycles. The first-order chi connectivity index (χ1) is 8.83. The molecule has 6 nitrogen and oxygen atoms in total. The van der Waals surface area contributed by atoms with Gasteiger partial charge in [-0.15, -0.1) is 16.4 Å². The third-order valence-electron chi connectivity index (χ3n) is 2.10. The molecule has 3 rings (SSSR count). The number of aromatic nitrogens is 3. The van der Waals surface area contributed by atoms with Crippen LogP contribution >= 0.6 is 22.9 Å². The van der Waals surface area contributed by atoms with Gasteiger partial charge in [-0.05, 0) is 6.07 Å². The minimum atomic E-state index is -0.271. The van der Waals surface area contributed by atoms with Gasteiger partial charge in [0.1, 0.15) is 22.0 Å². The van der Waals surface area contributed by atoms with Gasteiger partial charge in [0, 0.05) is 22.5 Å². The summed E-state index contributed by atoms with van der Waals surface area (Å²) < 4.78 is 8.64. The van der Waals surface area contributed by atoms with Crippen molar-refractivity contribution in [3.8, 4) is 10.6 Å². The summed E-state index contributed by atoms with van der Waals surface area (Å²) in [5.74, 6) is -0.271. The first-order valence-electron chi connectivity index (χ1n) is 4.90. The van der Waals surface area contributed by atoms with Crippen LogP contribution in [-0.2, 0) is 0 Å². The lowest BCUT2D eigenvalue weighted by atomic mass is 10.3. The topological polar surface area (TPSA) is 80.9 Å². The van der Waals surface area contributed by atoms with Crippen molar-refractivity contribution in [1.82, 2.24) is 14.6 Å². The Bertz CT molecular complexity index is 645. The van der Waals surface area contributed by atoms with Crippen molar-refractivity contribution in [3.05, 3.63) is 35.9 Å². The molecule has 0 aliphatic heterocycles. The maximum absolute atomic E-state index is 11.9. The molecule has 8 heteroatoms. The van der Waals surface area contributed by atoms with E-state index in [2.05, 4.69) is 19.9 Å². The number of amides is 1. The van der Waals surface area contributed by atoms with Gasteiger partial charge < -0.3 is 9.73 Å². The fourth-order valence-corrected chi connectivity index (χ4v) is 2.50. The normalized spacial score (nSPS) is 10.4. The van der Waals surface area contributed by atoms with Crippen LogP contribution in [-0.4, -0.2) is 20.5 Å². The summed E-state index contributed by atoms with van der Waals surface area (Å²) in [5.41, 5.74) is 1.23. The summed E-state index contributed by atoms with van der Waals surface area (Å²) in [6.07, 6.45) is 4.65. The second kappa shape index (κ2) is 4.67. The van der Waals surface area contributed by atoms with E-state index in [4.69, 9.17) is 4.42 Å². The lowest BCUT2D eigenvalue weighted by molar-refractivity contribution is 0.102. The van der Waals surface area contributed by atoms with Crippen LogP contribution in [0.1, 0.15) is 10.5 Å². The Hall–Kier alpha value is -2.06. The standard InChI is InChI=1S/C10H6N4O2S2/c15-9(13-8-3-11-14-18-8)7-5-17-10(12-7)6-1-2-16-4-6/h1-5H,(H,13,15). The van der Waals surface area contributed by atoms with Crippen LogP contribution in [0.15, 0.2) is 34.6 Å². The highest BCUT2D eigenvalue weighted by Crippen LogP contribution is 2.24. The summed E-state index contributed by atoms with van der Waals surface area (Å²) in [6, 6.07) is 1.80. The predicted octanol–water partition coefficient (Wildman–Crippen LogP) is 2.51. The zero-order chi connectivity index (χ0) is 12.4. The molecule has 0 saturated carbocycles. The fraction of sp³-hybridized carbons (Fsp3) is 0. The highest BCUT2D eigenvalue weighted by atomic mass is 32.1. The van der Waals surface area contributed by atoms with Crippen molar-refractivity contribution in [1.29, 1.82) is 0 Å². The molecule has 0 saturated heterocycles. The Kier molecular flexibility index (Phi) is 2.87. The van der Waals surface area contributed by atoms with Gasteiger partial charge in [0.05, 0.1) is 12.5 Å². The number of hydrogen-bond donors (Lipinski definition) is 1. The molecule has 0 atom stereocenters. The summed E-state index contributed by atoms with van der Waals surface area (Å²) in [7, 11) is 0. The molecule has 0 aliphatic carbocycles. The SMILES string of the molecule is O=C(Nc1cnns1)c1csc(-c2ccoc2)n1. The number of carbonyl (C=O) groups excluding carboxylic acids is 1. The number of carbonyl (C=O) groups is 1. The quantitative estimate of drug-likeness (QED) is 0.796. The first-order valence-corrected chi connectivity index (χ1v) is 6.55. The molecule has 90 valence electrons. The molecule has 0 fully saturated rings. The molecule has 0 spiro atoms. The lowest BCUT2D eigenvalue weighted by Gasteiger charge is -1.96. The Morgan fingerprint density at radius 1 is 1.44 bits per heavy atom. The van der Waals surface area contributed by atoms with E-state index in [-0.39, 0.29) is 5.91 Å². The summed E-state index contributed by atoms with van der Waals surface area (Å²) in [4.78, 5) is 16.1. The molecular weight excluding hydrogens is 272 g/mol. The molecule has 0 radical (unpaired) electrons. The van der Waals surface area contributed by atoms with Crippen LogP contribution in [0.4, 0.5) is 5.00 Å². The average molecular weight is 278 g/mol. The Balaban J connectivity index is 1.79. The van der Waals surface area contributed by atoms with Crippen LogP contribution in [0.3, 0.4) is 0 Å². The maximum Gasteiger partial charge on any atom is 0.275 e. The molecule has 0 unspecified atom stereocenters. The van der Waals surface area contributed by atoms with Gasteiger partial charge in [-0.25, -0.2) is 4.98 Å². The van der Waals surface area contributed by atoms with Gasteiger partial charge in [-0.3, -0.25) is 4.79 Å². The van der Waals surface area contributed by atoms with Crippen LogP contribution < -0.4 is 5.32 Å². The minimum absolute atomic E-state index is 0.271. The third kappa shape index (κ3) is 2.15. The van der Waals surface area contributed by atoms with E-state index in [1.807, 2.05) is 0 Å². The van der Waals surface area contributed by atoms with E-state index < -0.39 is 0 Å². The van der Waals surface area contributed by atoms with Crippen molar-refractivity contribution in [2.45, 2.75) is 0 Å². The van der Waals surface area contributed by atoms with Crippen molar-refractivity contribution in [3.63, 3.8) is 0 Å². The van der Waals surface area contributed by atoms with Crippen molar-refractivity contribution in [2.75, 3.05) is 5.32 Å². The lowest BCUT2D eigenvalue weighted by Crippen LogP contribution is -2.11. The van der Waals surface area contributed by atoms with E-state index in [0.29, 0.717) is 10.7 Å². The monoisotopic (exact) mass is 278 g/mol. The van der Waals surface area contributed by atoms with Gasteiger partial charge >= 0.3 is 0 Å². The van der Waals surface area contributed by atoms with E-state index in [1.54, 1.807) is 24.0 Å². The zero-order valence-electron chi connectivity index (χ0n) is 8.86. The predicted molar refractivity (Wildman–Crippen MR) is 67.7 cm³/mol.